The Hall–Kier alpha value is -2.08. The van der Waals surface area contributed by atoms with Crippen molar-refractivity contribution in [1.29, 1.82) is 0 Å². The fourth-order valence-electron chi connectivity index (χ4n) is 1.31. The lowest BCUT2D eigenvalue weighted by atomic mass is 10.3. The van der Waals surface area contributed by atoms with Crippen molar-refractivity contribution in [1.82, 2.24) is 4.98 Å². The molecule has 5 nitrogen and oxygen atoms in total. The molecular weight excluding hydrogens is 240 g/mol. The second-order valence-corrected chi connectivity index (χ2v) is 4.96. The number of anilines is 1. The van der Waals surface area contributed by atoms with Crippen LogP contribution in [0.15, 0.2) is 53.7 Å². The van der Waals surface area contributed by atoms with Crippen LogP contribution in [-0.2, 0) is 10.0 Å². The molecule has 1 aromatic carbocycles. The molecule has 2 N–H and O–H groups in total. The Kier molecular flexibility index (Phi) is 2.97. The summed E-state index contributed by atoms with van der Waals surface area (Å²) >= 11 is 0. The molecule has 88 valence electrons. The molecule has 0 unspecified atom stereocenters. The van der Waals surface area contributed by atoms with E-state index in [2.05, 4.69) is 9.71 Å². The number of hydrogen-bond donors (Lipinski definition) is 2. The van der Waals surface area contributed by atoms with E-state index in [0.717, 1.165) is 0 Å². The number of aromatic hydroxyl groups is 1. The first-order chi connectivity index (χ1) is 8.09. The highest BCUT2D eigenvalue weighted by molar-refractivity contribution is 7.92. The first-order valence-corrected chi connectivity index (χ1v) is 6.29. The highest BCUT2D eigenvalue weighted by atomic mass is 32.2. The van der Waals surface area contributed by atoms with Gasteiger partial charge in [0.15, 0.2) is 0 Å². The SMILES string of the molecule is O=S(=O)(Nc1ccncc1)c1ccccc1O. The van der Waals surface area contributed by atoms with Crippen molar-refractivity contribution in [2.75, 3.05) is 4.72 Å². The van der Waals surface area contributed by atoms with E-state index >= 15 is 0 Å². The second-order valence-electron chi connectivity index (χ2n) is 3.31. The third-order valence-electron chi connectivity index (χ3n) is 2.09. The van der Waals surface area contributed by atoms with E-state index < -0.39 is 10.0 Å². The number of phenolic OH excluding ortho intramolecular Hbond substituents is 1. The van der Waals surface area contributed by atoms with Crippen LogP contribution in [0.1, 0.15) is 0 Å². The molecule has 17 heavy (non-hydrogen) atoms. The molecule has 0 fully saturated rings. The van der Waals surface area contributed by atoms with Gasteiger partial charge in [-0.2, -0.15) is 0 Å². The monoisotopic (exact) mass is 250 g/mol. The largest absolute Gasteiger partial charge is 0.507 e. The first-order valence-electron chi connectivity index (χ1n) is 4.80. The minimum absolute atomic E-state index is 0.156. The van der Waals surface area contributed by atoms with Crippen molar-refractivity contribution < 1.29 is 13.5 Å². The van der Waals surface area contributed by atoms with Crippen molar-refractivity contribution in [3.8, 4) is 5.75 Å². The summed E-state index contributed by atoms with van der Waals surface area (Å²) in [5.41, 5.74) is 0.392. The van der Waals surface area contributed by atoms with Gasteiger partial charge in [-0.1, -0.05) is 12.1 Å². The van der Waals surface area contributed by atoms with Gasteiger partial charge in [-0.3, -0.25) is 9.71 Å². The van der Waals surface area contributed by atoms with Gasteiger partial charge in [-0.05, 0) is 24.3 Å². The fraction of sp³-hybridized carbons (Fsp3) is 0. The molecule has 2 aromatic rings. The third-order valence-corrected chi connectivity index (χ3v) is 3.52. The van der Waals surface area contributed by atoms with Crippen LogP contribution in [0.5, 0.6) is 5.75 Å². The molecule has 1 aromatic heterocycles. The van der Waals surface area contributed by atoms with Gasteiger partial charge < -0.3 is 5.11 Å². The van der Waals surface area contributed by atoms with Crippen LogP contribution in [0.3, 0.4) is 0 Å². The van der Waals surface area contributed by atoms with E-state index in [4.69, 9.17) is 0 Å². The highest BCUT2D eigenvalue weighted by Gasteiger charge is 2.17. The standard InChI is InChI=1S/C11H10N2O3S/c14-10-3-1-2-4-11(10)17(15,16)13-9-5-7-12-8-6-9/h1-8,14H,(H,12,13). The predicted molar refractivity (Wildman–Crippen MR) is 63.2 cm³/mol. The van der Waals surface area contributed by atoms with Gasteiger partial charge in [-0.15, -0.1) is 0 Å². The zero-order valence-electron chi connectivity index (χ0n) is 8.74. The molecular formula is C11H10N2O3S. The number of pyridine rings is 1. The Morgan fingerprint density at radius 1 is 1.06 bits per heavy atom. The van der Waals surface area contributed by atoms with E-state index in [9.17, 15) is 13.5 Å². The van der Waals surface area contributed by atoms with E-state index in [0.29, 0.717) is 5.69 Å². The highest BCUT2D eigenvalue weighted by Crippen LogP contribution is 2.23. The van der Waals surface area contributed by atoms with Crippen LogP contribution in [0.2, 0.25) is 0 Å². The molecule has 0 spiro atoms. The molecule has 0 amide bonds. The lowest BCUT2D eigenvalue weighted by molar-refractivity contribution is 0.459. The number of rotatable bonds is 3. The maximum absolute atomic E-state index is 11.9. The minimum atomic E-state index is -3.77. The smallest absolute Gasteiger partial charge is 0.265 e. The fourth-order valence-corrected chi connectivity index (χ4v) is 2.47. The Morgan fingerprint density at radius 3 is 2.35 bits per heavy atom. The van der Waals surface area contributed by atoms with Gasteiger partial charge in [0.2, 0.25) is 0 Å². The van der Waals surface area contributed by atoms with Crippen molar-refractivity contribution in [3.63, 3.8) is 0 Å². The maximum atomic E-state index is 11.9. The summed E-state index contributed by atoms with van der Waals surface area (Å²) in [5.74, 6) is -0.283. The van der Waals surface area contributed by atoms with Crippen LogP contribution in [0.4, 0.5) is 5.69 Å². The summed E-state index contributed by atoms with van der Waals surface area (Å²) in [6, 6.07) is 8.80. The number of aromatic nitrogens is 1. The van der Waals surface area contributed by atoms with Crippen LogP contribution in [0, 0.1) is 0 Å². The number of hydrogen-bond acceptors (Lipinski definition) is 4. The van der Waals surface area contributed by atoms with E-state index in [1.54, 1.807) is 12.1 Å². The van der Waals surface area contributed by atoms with Gasteiger partial charge in [0.25, 0.3) is 10.0 Å². The van der Waals surface area contributed by atoms with Crippen molar-refractivity contribution >= 4 is 15.7 Å². The number of nitrogens with one attached hydrogen (secondary N) is 1. The second kappa shape index (κ2) is 4.42. The quantitative estimate of drug-likeness (QED) is 0.867. The average molecular weight is 250 g/mol. The lowest BCUT2D eigenvalue weighted by Crippen LogP contribution is -2.12. The Morgan fingerprint density at radius 2 is 1.71 bits per heavy atom. The third kappa shape index (κ3) is 2.54. The molecule has 0 bridgehead atoms. The number of nitrogens with zero attached hydrogens (tertiary/aromatic N) is 1. The van der Waals surface area contributed by atoms with Crippen molar-refractivity contribution in [2.24, 2.45) is 0 Å². The van der Waals surface area contributed by atoms with Gasteiger partial charge in [0, 0.05) is 12.4 Å². The molecule has 0 aliphatic carbocycles. The Labute approximate surface area is 98.8 Å². The molecule has 0 saturated heterocycles. The van der Waals surface area contributed by atoms with Crippen LogP contribution < -0.4 is 4.72 Å². The van der Waals surface area contributed by atoms with Crippen LogP contribution in [-0.4, -0.2) is 18.5 Å². The van der Waals surface area contributed by atoms with Crippen LogP contribution >= 0.6 is 0 Å². The molecule has 2 rings (SSSR count). The number of phenols is 1. The summed E-state index contributed by atoms with van der Waals surface area (Å²) < 4.78 is 26.2. The zero-order valence-corrected chi connectivity index (χ0v) is 9.55. The summed E-state index contributed by atoms with van der Waals surface area (Å²) in [5, 5.41) is 9.49. The van der Waals surface area contributed by atoms with Crippen molar-refractivity contribution in [2.45, 2.75) is 4.90 Å². The number of para-hydroxylation sites is 1. The lowest BCUT2D eigenvalue weighted by Gasteiger charge is -2.08. The van der Waals surface area contributed by atoms with Gasteiger partial charge >= 0.3 is 0 Å². The summed E-state index contributed by atoms with van der Waals surface area (Å²) in [7, 11) is -3.77. The van der Waals surface area contributed by atoms with E-state index in [1.807, 2.05) is 0 Å². The van der Waals surface area contributed by atoms with Gasteiger partial charge in [0.05, 0.1) is 5.69 Å². The molecule has 0 saturated carbocycles. The van der Waals surface area contributed by atoms with E-state index in [-0.39, 0.29) is 10.6 Å². The molecule has 1 heterocycles. The summed E-state index contributed by atoms with van der Waals surface area (Å²) in [6.07, 6.45) is 2.95. The molecule has 6 heteroatoms. The maximum Gasteiger partial charge on any atom is 0.265 e. The first kappa shape index (κ1) is 11.4. The Balaban J connectivity index is 2.36. The summed E-state index contributed by atoms with van der Waals surface area (Å²) in [4.78, 5) is 3.63. The molecule has 0 radical (unpaired) electrons. The topological polar surface area (TPSA) is 79.3 Å². The molecule has 0 aliphatic heterocycles. The molecule has 0 atom stereocenters. The minimum Gasteiger partial charge on any atom is -0.507 e. The predicted octanol–water partition coefficient (Wildman–Crippen LogP) is 1.59. The summed E-state index contributed by atoms with van der Waals surface area (Å²) in [6.45, 7) is 0. The zero-order chi connectivity index (χ0) is 12.3. The molecule has 0 aliphatic rings. The normalized spacial score (nSPS) is 11.1. The van der Waals surface area contributed by atoms with E-state index in [1.165, 1.54) is 36.7 Å². The number of benzene rings is 1. The number of sulfonamides is 1. The van der Waals surface area contributed by atoms with Gasteiger partial charge in [0.1, 0.15) is 10.6 Å². The average Bonchev–Trinajstić information content (AvgIpc) is 2.30. The van der Waals surface area contributed by atoms with Crippen molar-refractivity contribution in [3.05, 3.63) is 48.8 Å². The van der Waals surface area contributed by atoms with Gasteiger partial charge in [-0.25, -0.2) is 8.42 Å². The van der Waals surface area contributed by atoms with Crippen LogP contribution in [0.25, 0.3) is 0 Å². The Bertz CT molecular complexity index is 612.